The molecule has 1 aromatic rings. The lowest BCUT2D eigenvalue weighted by molar-refractivity contribution is -0.141. The van der Waals surface area contributed by atoms with E-state index in [2.05, 4.69) is 5.43 Å². The summed E-state index contributed by atoms with van der Waals surface area (Å²) in [6, 6.07) is 1.19. The first-order valence-electron chi connectivity index (χ1n) is 10.8. The van der Waals surface area contributed by atoms with E-state index in [9.17, 15) is 29.1 Å². The van der Waals surface area contributed by atoms with Gasteiger partial charge in [-0.3, -0.25) is 24.3 Å². The largest absolute Gasteiger partial charge is 0.480 e. The average molecular weight is 445 g/mol. The summed E-state index contributed by atoms with van der Waals surface area (Å²) < 4.78 is 5.27. The highest BCUT2D eigenvalue weighted by Gasteiger charge is 2.46. The van der Waals surface area contributed by atoms with Crippen LogP contribution in [0, 0.1) is 0 Å². The summed E-state index contributed by atoms with van der Waals surface area (Å²) >= 11 is 0. The van der Waals surface area contributed by atoms with Gasteiger partial charge in [0, 0.05) is 13.1 Å². The number of unbranched alkanes of at least 4 members (excludes halogenated alkanes) is 1. The van der Waals surface area contributed by atoms with Gasteiger partial charge < -0.3 is 9.84 Å². The Bertz CT molecular complexity index is 953. The fourth-order valence-electron chi connectivity index (χ4n) is 3.87. The number of amides is 3. The van der Waals surface area contributed by atoms with Crippen LogP contribution < -0.4 is 5.43 Å². The summed E-state index contributed by atoms with van der Waals surface area (Å²) in [6.07, 6.45) is 3.04. The normalized spacial score (nSPS) is 16.7. The fraction of sp³-hybridized carbons (Fsp3) is 0.500. The fourth-order valence-corrected chi connectivity index (χ4v) is 3.87. The Hall–Kier alpha value is -3.27. The number of nitrogens with one attached hydrogen (secondary N) is 1. The van der Waals surface area contributed by atoms with Crippen molar-refractivity contribution < 1.29 is 33.8 Å². The van der Waals surface area contributed by atoms with E-state index >= 15 is 0 Å². The number of esters is 1. The van der Waals surface area contributed by atoms with Gasteiger partial charge in [-0.25, -0.2) is 15.0 Å². The van der Waals surface area contributed by atoms with Crippen molar-refractivity contribution in [2.24, 2.45) is 0 Å². The number of hydrogen-bond acceptors (Lipinski definition) is 7. The Morgan fingerprint density at radius 1 is 1.16 bits per heavy atom. The number of hydrogen-bond donors (Lipinski definition) is 2. The van der Waals surface area contributed by atoms with E-state index in [1.54, 1.807) is 6.92 Å². The number of carbonyl (C=O) groups excluding carboxylic acids is 4. The molecule has 1 unspecified atom stereocenters. The highest BCUT2D eigenvalue weighted by atomic mass is 16.5. The Balaban J connectivity index is 2.11. The summed E-state index contributed by atoms with van der Waals surface area (Å²) in [7, 11) is 0. The monoisotopic (exact) mass is 445 g/mol. The maximum atomic E-state index is 13.4. The predicted octanol–water partition coefficient (Wildman–Crippen LogP) is 1.84. The molecule has 1 saturated heterocycles. The van der Waals surface area contributed by atoms with Crippen LogP contribution in [0.15, 0.2) is 12.1 Å². The zero-order valence-corrected chi connectivity index (χ0v) is 18.2. The lowest BCUT2D eigenvalue weighted by Gasteiger charge is -2.28. The van der Waals surface area contributed by atoms with E-state index < -0.39 is 35.7 Å². The minimum atomic E-state index is -1.38. The van der Waals surface area contributed by atoms with Crippen molar-refractivity contribution >= 4 is 29.7 Å². The molecule has 172 valence electrons. The van der Waals surface area contributed by atoms with Gasteiger partial charge in [0.15, 0.2) is 0 Å². The van der Waals surface area contributed by atoms with Gasteiger partial charge in [-0.2, -0.15) is 0 Å². The molecule has 0 aromatic heterocycles. The molecular weight excluding hydrogens is 418 g/mol. The number of fused-ring (bicyclic) bond motifs is 1. The molecule has 10 heteroatoms. The number of benzene rings is 1. The molecule has 2 aliphatic rings. The summed E-state index contributed by atoms with van der Waals surface area (Å²) in [5.41, 5.74) is 2.24. The van der Waals surface area contributed by atoms with Crippen LogP contribution in [0.2, 0.25) is 0 Å². The Morgan fingerprint density at radius 3 is 2.50 bits per heavy atom. The summed E-state index contributed by atoms with van der Waals surface area (Å²) in [6.45, 7) is 4.55. The molecule has 32 heavy (non-hydrogen) atoms. The van der Waals surface area contributed by atoms with E-state index in [4.69, 9.17) is 4.74 Å². The smallest absolute Gasteiger partial charge is 0.338 e. The molecule has 0 bridgehead atoms. The summed E-state index contributed by atoms with van der Waals surface area (Å²) in [4.78, 5) is 64.7. The second-order valence-corrected chi connectivity index (χ2v) is 7.71. The van der Waals surface area contributed by atoms with Crippen molar-refractivity contribution in [2.45, 2.75) is 52.0 Å². The minimum Gasteiger partial charge on any atom is -0.480 e. The van der Waals surface area contributed by atoms with Gasteiger partial charge in [-0.05, 0) is 37.8 Å². The molecule has 1 aromatic carbocycles. The standard InChI is InChI=1S/C22H27N3O7/c1-3-5-12-32-22(31)14-9-8-13-16(17(14)19(27)24-11-7-6-10-23-24)20(28)25(18(13)26)15(4-2)21(29)30/h8-9,15,23H,3-7,10-12H2,1-2H3,(H,29,30). The number of rotatable bonds is 8. The number of carboxylic acid groups (broad SMARTS) is 1. The maximum Gasteiger partial charge on any atom is 0.338 e. The van der Waals surface area contributed by atoms with Crippen LogP contribution in [0.1, 0.15) is 87.4 Å². The SMILES string of the molecule is CCCCOC(=O)c1ccc2c(c1C(=O)N1CCCCN1)C(=O)N(C(CC)C(=O)O)C2=O. The molecule has 10 nitrogen and oxygen atoms in total. The average Bonchev–Trinajstić information content (AvgIpc) is 3.04. The molecule has 0 saturated carbocycles. The summed E-state index contributed by atoms with van der Waals surface area (Å²) in [5, 5.41) is 10.8. The first-order chi connectivity index (χ1) is 15.3. The van der Waals surface area contributed by atoms with Gasteiger partial charge in [-0.1, -0.05) is 20.3 Å². The minimum absolute atomic E-state index is 0.00365. The zero-order chi connectivity index (χ0) is 23.4. The third kappa shape index (κ3) is 4.22. The van der Waals surface area contributed by atoms with Gasteiger partial charge in [0.2, 0.25) is 0 Å². The van der Waals surface area contributed by atoms with E-state index in [0.29, 0.717) is 24.4 Å². The van der Waals surface area contributed by atoms with Gasteiger partial charge in [0.1, 0.15) is 6.04 Å². The third-order valence-corrected chi connectivity index (χ3v) is 5.59. The quantitative estimate of drug-likeness (QED) is 0.352. The van der Waals surface area contributed by atoms with E-state index in [1.165, 1.54) is 17.1 Å². The van der Waals surface area contributed by atoms with Crippen LogP contribution in [-0.2, 0) is 9.53 Å². The molecule has 2 aliphatic heterocycles. The van der Waals surface area contributed by atoms with Crippen molar-refractivity contribution in [2.75, 3.05) is 19.7 Å². The van der Waals surface area contributed by atoms with Crippen molar-refractivity contribution in [3.8, 4) is 0 Å². The van der Waals surface area contributed by atoms with E-state index in [-0.39, 0.29) is 35.3 Å². The van der Waals surface area contributed by atoms with E-state index in [0.717, 1.165) is 19.3 Å². The van der Waals surface area contributed by atoms with Crippen molar-refractivity contribution in [1.29, 1.82) is 0 Å². The van der Waals surface area contributed by atoms with Crippen molar-refractivity contribution in [1.82, 2.24) is 15.3 Å². The Morgan fingerprint density at radius 2 is 1.91 bits per heavy atom. The molecular formula is C22H27N3O7. The number of hydrazine groups is 1. The van der Waals surface area contributed by atoms with Gasteiger partial charge in [0.05, 0.1) is 28.9 Å². The Labute approximate surface area is 185 Å². The van der Waals surface area contributed by atoms with Gasteiger partial charge >= 0.3 is 11.9 Å². The molecule has 1 atom stereocenters. The predicted molar refractivity (Wildman–Crippen MR) is 112 cm³/mol. The molecule has 3 rings (SSSR count). The van der Waals surface area contributed by atoms with Gasteiger partial charge in [0.25, 0.3) is 17.7 Å². The van der Waals surface area contributed by atoms with Crippen molar-refractivity contribution in [3.63, 3.8) is 0 Å². The highest BCUT2D eigenvalue weighted by molar-refractivity contribution is 6.27. The zero-order valence-electron chi connectivity index (χ0n) is 18.2. The molecule has 2 heterocycles. The second kappa shape index (κ2) is 9.90. The second-order valence-electron chi connectivity index (χ2n) is 7.71. The number of imide groups is 1. The number of carboxylic acids is 1. The summed E-state index contributed by atoms with van der Waals surface area (Å²) in [5.74, 6) is -4.43. The van der Waals surface area contributed by atoms with Crippen LogP contribution >= 0.6 is 0 Å². The maximum absolute atomic E-state index is 13.4. The molecule has 2 N–H and O–H groups in total. The van der Waals surface area contributed by atoms with Crippen LogP contribution in [0.25, 0.3) is 0 Å². The van der Waals surface area contributed by atoms with Crippen LogP contribution in [0.4, 0.5) is 0 Å². The molecule has 0 spiro atoms. The topological polar surface area (TPSA) is 133 Å². The van der Waals surface area contributed by atoms with Gasteiger partial charge in [-0.15, -0.1) is 0 Å². The van der Waals surface area contributed by atoms with Crippen LogP contribution in [0.5, 0.6) is 0 Å². The number of nitrogens with zero attached hydrogens (tertiary/aromatic N) is 2. The molecule has 0 aliphatic carbocycles. The molecule has 3 amide bonds. The number of ether oxygens (including phenoxy) is 1. The van der Waals surface area contributed by atoms with Crippen LogP contribution in [-0.4, -0.2) is 70.4 Å². The number of aliphatic carboxylic acids is 1. The first kappa shape index (κ1) is 23.4. The molecule has 1 fully saturated rings. The number of carbonyl (C=O) groups is 5. The van der Waals surface area contributed by atoms with Crippen LogP contribution in [0.3, 0.4) is 0 Å². The highest BCUT2D eigenvalue weighted by Crippen LogP contribution is 2.32. The lowest BCUT2D eigenvalue weighted by atomic mass is 9.96. The third-order valence-electron chi connectivity index (χ3n) is 5.59. The Kier molecular flexibility index (Phi) is 7.24. The van der Waals surface area contributed by atoms with E-state index in [1.807, 2.05) is 6.92 Å². The van der Waals surface area contributed by atoms with Crippen molar-refractivity contribution in [3.05, 3.63) is 34.4 Å². The molecule has 0 radical (unpaired) electrons. The lowest BCUT2D eigenvalue weighted by Crippen LogP contribution is -2.48. The first-order valence-corrected chi connectivity index (χ1v) is 10.8.